The number of fused-ring (bicyclic) bond motifs is 2. The van der Waals surface area contributed by atoms with E-state index < -0.39 is 6.04 Å². The molecule has 0 saturated carbocycles. The molecule has 1 unspecified atom stereocenters. The maximum absolute atomic E-state index is 13.6. The van der Waals surface area contributed by atoms with Gasteiger partial charge in [-0.2, -0.15) is 0 Å². The van der Waals surface area contributed by atoms with Gasteiger partial charge in [0, 0.05) is 6.54 Å². The second kappa shape index (κ2) is 7.52. The number of benzene rings is 2. The molecule has 0 bridgehead atoms. The maximum atomic E-state index is 13.6. The molecular formula is C24H25NO5. The standard InChI is InChI=1S/C24H25NO5/c1-5-6-9-25-21(15-7-8-16(26)17(12-15)29-4)20-22(27)19-14(3)10-13(2)11-18(19)30-23(20)24(25)28/h7-8,10-12,21,26H,5-6,9H2,1-4H3. The van der Waals surface area contributed by atoms with Crippen LogP contribution in [0.4, 0.5) is 0 Å². The summed E-state index contributed by atoms with van der Waals surface area (Å²) in [4.78, 5) is 28.6. The molecule has 30 heavy (non-hydrogen) atoms. The number of carbonyl (C=O) groups is 1. The van der Waals surface area contributed by atoms with E-state index in [2.05, 4.69) is 6.92 Å². The van der Waals surface area contributed by atoms with Crippen molar-refractivity contribution < 1.29 is 19.1 Å². The van der Waals surface area contributed by atoms with Crippen LogP contribution >= 0.6 is 0 Å². The van der Waals surface area contributed by atoms with Gasteiger partial charge in [-0.1, -0.05) is 25.5 Å². The molecule has 0 aliphatic carbocycles. The molecule has 1 aromatic heterocycles. The molecule has 1 amide bonds. The van der Waals surface area contributed by atoms with Crippen LogP contribution in [0.3, 0.4) is 0 Å². The monoisotopic (exact) mass is 407 g/mol. The Kier molecular flexibility index (Phi) is 5.02. The number of hydrogen-bond donors (Lipinski definition) is 1. The van der Waals surface area contributed by atoms with Gasteiger partial charge in [0.1, 0.15) is 5.58 Å². The van der Waals surface area contributed by atoms with Crippen molar-refractivity contribution in [3.8, 4) is 11.5 Å². The highest BCUT2D eigenvalue weighted by molar-refractivity contribution is 5.99. The number of aromatic hydroxyl groups is 1. The number of ether oxygens (including phenoxy) is 1. The van der Waals surface area contributed by atoms with Crippen LogP contribution in [0, 0.1) is 13.8 Å². The first-order valence-corrected chi connectivity index (χ1v) is 10.1. The van der Waals surface area contributed by atoms with Gasteiger partial charge in [0.25, 0.3) is 5.91 Å². The third kappa shape index (κ3) is 3.03. The summed E-state index contributed by atoms with van der Waals surface area (Å²) >= 11 is 0. The fraction of sp³-hybridized carbons (Fsp3) is 0.333. The van der Waals surface area contributed by atoms with Gasteiger partial charge in [0.15, 0.2) is 16.9 Å². The van der Waals surface area contributed by atoms with Crippen LogP contribution in [-0.2, 0) is 0 Å². The van der Waals surface area contributed by atoms with Crippen LogP contribution in [0.15, 0.2) is 39.5 Å². The lowest BCUT2D eigenvalue weighted by Crippen LogP contribution is -2.30. The van der Waals surface area contributed by atoms with E-state index in [4.69, 9.17) is 9.15 Å². The minimum absolute atomic E-state index is 0.00257. The van der Waals surface area contributed by atoms with Crippen molar-refractivity contribution in [2.45, 2.75) is 39.7 Å². The molecule has 0 radical (unpaired) electrons. The predicted octanol–water partition coefficient (Wildman–Crippen LogP) is 4.47. The van der Waals surface area contributed by atoms with E-state index in [1.54, 1.807) is 23.1 Å². The van der Waals surface area contributed by atoms with Crippen molar-refractivity contribution in [2.24, 2.45) is 0 Å². The van der Waals surface area contributed by atoms with Crippen LogP contribution in [-0.4, -0.2) is 29.6 Å². The van der Waals surface area contributed by atoms with Gasteiger partial charge in [0.05, 0.1) is 24.1 Å². The second-order valence-corrected chi connectivity index (χ2v) is 7.81. The van der Waals surface area contributed by atoms with Gasteiger partial charge in [-0.25, -0.2) is 0 Å². The lowest BCUT2D eigenvalue weighted by atomic mass is 9.96. The van der Waals surface area contributed by atoms with E-state index >= 15 is 0 Å². The fourth-order valence-corrected chi connectivity index (χ4v) is 4.28. The number of aryl methyl sites for hydroxylation is 2. The molecule has 6 heteroatoms. The first kappa shape index (κ1) is 20.0. The SMILES string of the molecule is CCCCN1C(=O)c2oc3cc(C)cc(C)c3c(=O)c2C1c1ccc(O)c(OC)c1. The average Bonchev–Trinajstić information content (AvgIpc) is 2.98. The topological polar surface area (TPSA) is 80.0 Å². The number of methoxy groups -OCH3 is 1. The Bertz CT molecular complexity index is 1210. The number of hydrogen-bond acceptors (Lipinski definition) is 5. The molecule has 0 fully saturated rings. The van der Waals surface area contributed by atoms with Crippen LogP contribution in [0.25, 0.3) is 11.0 Å². The van der Waals surface area contributed by atoms with Gasteiger partial charge in [-0.05, 0) is 55.2 Å². The Morgan fingerprint density at radius 2 is 1.93 bits per heavy atom. The van der Waals surface area contributed by atoms with Crippen molar-refractivity contribution in [1.82, 2.24) is 4.90 Å². The Hall–Kier alpha value is -3.28. The molecular weight excluding hydrogens is 382 g/mol. The summed E-state index contributed by atoms with van der Waals surface area (Å²) in [5, 5.41) is 10.5. The molecule has 1 aliphatic heterocycles. The summed E-state index contributed by atoms with van der Waals surface area (Å²) < 4.78 is 11.3. The van der Waals surface area contributed by atoms with Crippen molar-refractivity contribution in [3.05, 3.63) is 68.6 Å². The summed E-state index contributed by atoms with van der Waals surface area (Å²) in [5.41, 5.74) is 3.09. The second-order valence-electron chi connectivity index (χ2n) is 7.81. The average molecular weight is 407 g/mol. The van der Waals surface area contributed by atoms with Crippen LogP contribution in [0.1, 0.15) is 58.6 Å². The number of carbonyl (C=O) groups excluding carboxylic acids is 1. The minimum atomic E-state index is -0.588. The van der Waals surface area contributed by atoms with E-state index in [9.17, 15) is 14.7 Å². The highest BCUT2D eigenvalue weighted by atomic mass is 16.5. The lowest BCUT2D eigenvalue weighted by molar-refractivity contribution is 0.0725. The van der Waals surface area contributed by atoms with Crippen molar-refractivity contribution in [2.75, 3.05) is 13.7 Å². The van der Waals surface area contributed by atoms with E-state index in [0.717, 1.165) is 24.0 Å². The number of nitrogens with zero attached hydrogens (tertiary/aromatic N) is 1. The Labute approximate surface area is 174 Å². The largest absolute Gasteiger partial charge is 0.504 e. The Morgan fingerprint density at radius 3 is 2.63 bits per heavy atom. The van der Waals surface area contributed by atoms with Crippen molar-refractivity contribution >= 4 is 16.9 Å². The zero-order valence-corrected chi connectivity index (χ0v) is 17.6. The molecule has 0 spiro atoms. The molecule has 1 aliphatic rings. The zero-order valence-electron chi connectivity index (χ0n) is 17.6. The molecule has 0 saturated heterocycles. The van der Waals surface area contributed by atoms with Gasteiger partial charge in [-0.3, -0.25) is 9.59 Å². The molecule has 1 N–H and O–H groups in total. The smallest absolute Gasteiger partial charge is 0.290 e. The normalized spacial score (nSPS) is 15.7. The van der Waals surface area contributed by atoms with Crippen molar-refractivity contribution in [1.29, 1.82) is 0 Å². The highest BCUT2D eigenvalue weighted by Gasteiger charge is 2.42. The summed E-state index contributed by atoms with van der Waals surface area (Å²) in [5.74, 6) is 0.114. The Morgan fingerprint density at radius 1 is 1.17 bits per heavy atom. The first-order valence-electron chi connectivity index (χ1n) is 10.1. The molecule has 4 rings (SSSR count). The Balaban J connectivity index is 2.00. The zero-order chi connectivity index (χ0) is 21.6. The van der Waals surface area contributed by atoms with Gasteiger partial charge in [0.2, 0.25) is 5.76 Å². The highest BCUT2D eigenvalue weighted by Crippen LogP contribution is 2.41. The molecule has 156 valence electrons. The quantitative estimate of drug-likeness (QED) is 0.675. The van der Waals surface area contributed by atoms with Crippen LogP contribution in [0.2, 0.25) is 0 Å². The number of phenols is 1. The van der Waals surface area contributed by atoms with E-state index in [1.807, 2.05) is 19.9 Å². The summed E-state index contributed by atoms with van der Waals surface area (Å²) in [6.45, 7) is 6.36. The number of phenolic OH excluding ortho intramolecular Hbond substituents is 1. The lowest BCUT2D eigenvalue weighted by Gasteiger charge is -2.25. The first-order chi connectivity index (χ1) is 14.4. The summed E-state index contributed by atoms with van der Waals surface area (Å²) in [7, 11) is 1.47. The molecule has 1 atom stereocenters. The predicted molar refractivity (Wildman–Crippen MR) is 114 cm³/mol. The third-order valence-electron chi connectivity index (χ3n) is 5.68. The van der Waals surface area contributed by atoms with Crippen LogP contribution < -0.4 is 10.2 Å². The molecule has 6 nitrogen and oxygen atoms in total. The van der Waals surface area contributed by atoms with Gasteiger partial charge in [-0.15, -0.1) is 0 Å². The molecule has 2 heterocycles. The van der Waals surface area contributed by atoms with Gasteiger partial charge >= 0.3 is 0 Å². The van der Waals surface area contributed by atoms with E-state index in [1.165, 1.54) is 13.2 Å². The fourth-order valence-electron chi connectivity index (χ4n) is 4.28. The van der Waals surface area contributed by atoms with Crippen molar-refractivity contribution in [3.63, 3.8) is 0 Å². The third-order valence-corrected chi connectivity index (χ3v) is 5.68. The van der Waals surface area contributed by atoms with E-state index in [0.29, 0.717) is 34.4 Å². The summed E-state index contributed by atoms with van der Waals surface area (Å²) in [6, 6.07) is 8.06. The number of unbranched alkanes of at least 4 members (excludes halogenated alkanes) is 1. The molecule has 3 aromatic rings. The van der Waals surface area contributed by atoms with E-state index in [-0.39, 0.29) is 22.8 Å². The number of amides is 1. The summed E-state index contributed by atoms with van der Waals surface area (Å²) in [6.07, 6.45) is 1.71. The van der Waals surface area contributed by atoms with Crippen LogP contribution in [0.5, 0.6) is 11.5 Å². The maximum Gasteiger partial charge on any atom is 0.290 e. The minimum Gasteiger partial charge on any atom is -0.504 e. The van der Waals surface area contributed by atoms with Gasteiger partial charge < -0.3 is 19.2 Å². The molecule has 2 aromatic carbocycles. The number of rotatable bonds is 5.